The number of benzene rings is 1. The molecular weight excluding hydrogens is 372 g/mol. The van der Waals surface area contributed by atoms with E-state index in [0.717, 1.165) is 45.0 Å². The number of piperidine rings is 1. The van der Waals surface area contributed by atoms with Gasteiger partial charge < -0.3 is 4.90 Å². The van der Waals surface area contributed by atoms with Gasteiger partial charge in [-0.3, -0.25) is 4.90 Å². The first-order chi connectivity index (χ1) is 12.1. The Morgan fingerprint density at radius 2 is 1.58 bits per heavy atom. The average Bonchev–Trinajstić information content (AvgIpc) is 2.99. The van der Waals surface area contributed by atoms with Gasteiger partial charge in [-0.2, -0.15) is 0 Å². The van der Waals surface area contributed by atoms with Crippen molar-refractivity contribution in [3.8, 4) is 0 Å². The molecule has 1 aromatic rings. The summed E-state index contributed by atoms with van der Waals surface area (Å²) in [5, 5.41) is 0. The summed E-state index contributed by atoms with van der Waals surface area (Å²) in [7, 11) is -6.97. The second-order valence-electron chi connectivity index (χ2n) is 7.62. The van der Waals surface area contributed by atoms with Crippen molar-refractivity contribution in [3.63, 3.8) is 0 Å². The Kier molecular flexibility index (Phi) is 5.38. The molecule has 0 bridgehead atoms. The fourth-order valence-electron chi connectivity index (χ4n) is 4.22. The lowest BCUT2D eigenvalue weighted by Gasteiger charge is -2.40. The Balaban J connectivity index is 1.84. The molecule has 1 atom stereocenters. The van der Waals surface area contributed by atoms with E-state index in [1.165, 1.54) is 25.0 Å². The van der Waals surface area contributed by atoms with Crippen LogP contribution in [0.4, 0.5) is 5.69 Å². The smallest absolute Gasteiger partial charge is 0.177 e. The summed E-state index contributed by atoms with van der Waals surface area (Å²) < 4.78 is 48.1. The van der Waals surface area contributed by atoms with E-state index in [0.29, 0.717) is 17.8 Å². The molecule has 146 valence electrons. The summed E-state index contributed by atoms with van der Waals surface area (Å²) in [6.07, 6.45) is 6.74. The van der Waals surface area contributed by atoms with E-state index in [9.17, 15) is 16.8 Å². The molecule has 2 fully saturated rings. The molecule has 2 aliphatic heterocycles. The summed E-state index contributed by atoms with van der Waals surface area (Å²) in [5.41, 5.74) is 0.618. The van der Waals surface area contributed by atoms with Gasteiger partial charge in [0.2, 0.25) is 0 Å². The molecule has 0 N–H and O–H groups in total. The molecule has 0 spiro atoms. The highest BCUT2D eigenvalue weighted by molar-refractivity contribution is 7.91. The number of hydrogen-bond acceptors (Lipinski definition) is 6. The van der Waals surface area contributed by atoms with Crippen molar-refractivity contribution in [3.05, 3.63) is 18.2 Å². The molecule has 8 heteroatoms. The van der Waals surface area contributed by atoms with Crippen molar-refractivity contribution in [2.75, 3.05) is 37.0 Å². The molecule has 1 unspecified atom stereocenters. The molecule has 1 aromatic carbocycles. The summed E-state index contributed by atoms with van der Waals surface area (Å²) >= 11 is 0. The van der Waals surface area contributed by atoms with Crippen LogP contribution < -0.4 is 4.90 Å². The minimum Gasteiger partial charge on any atom is -0.370 e. The lowest BCUT2D eigenvalue weighted by molar-refractivity contribution is 0.163. The third-order valence-electron chi connectivity index (χ3n) is 5.64. The lowest BCUT2D eigenvalue weighted by Crippen LogP contribution is -2.46. The standard InChI is InChI=1S/C18H28N2O4S2/c1-14-5-4-10-20(14)15-8-11-19(12-9-15)17-7-6-16(25(2,21)22)13-18(17)26(3,23)24/h6-7,13-15H,4-5,8-12H2,1-3H3. The van der Waals surface area contributed by atoms with Crippen LogP contribution in [-0.4, -0.2) is 66.0 Å². The van der Waals surface area contributed by atoms with Crippen LogP contribution in [0.2, 0.25) is 0 Å². The van der Waals surface area contributed by atoms with Gasteiger partial charge in [0.15, 0.2) is 19.7 Å². The van der Waals surface area contributed by atoms with Crippen LogP contribution in [0.1, 0.15) is 32.6 Å². The predicted molar refractivity (Wildman–Crippen MR) is 103 cm³/mol. The zero-order chi connectivity index (χ0) is 19.1. The summed E-state index contributed by atoms with van der Waals surface area (Å²) in [4.78, 5) is 4.82. The van der Waals surface area contributed by atoms with Crippen LogP contribution in [0.25, 0.3) is 0 Å². The maximum Gasteiger partial charge on any atom is 0.177 e. The fourth-order valence-corrected chi connectivity index (χ4v) is 5.86. The van der Waals surface area contributed by atoms with Crippen molar-refractivity contribution < 1.29 is 16.8 Å². The summed E-state index contributed by atoms with van der Waals surface area (Å²) in [6, 6.07) is 5.64. The van der Waals surface area contributed by atoms with E-state index < -0.39 is 19.7 Å². The van der Waals surface area contributed by atoms with Crippen LogP contribution in [0, 0.1) is 0 Å². The van der Waals surface area contributed by atoms with Crippen molar-refractivity contribution in [1.82, 2.24) is 4.90 Å². The number of likely N-dealkylation sites (tertiary alicyclic amines) is 1. The van der Waals surface area contributed by atoms with E-state index >= 15 is 0 Å². The number of anilines is 1. The van der Waals surface area contributed by atoms with E-state index in [-0.39, 0.29) is 9.79 Å². The first-order valence-corrected chi connectivity index (χ1v) is 12.9. The second-order valence-corrected chi connectivity index (χ2v) is 11.6. The van der Waals surface area contributed by atoms with Crippen LogP contribution in [0.15, 0.2) is 28.0 Å². The third kappa shape index (κ3) is 4.07. The lowest BCUT2D eigenvalue weighted by atomic mass is 10.0. The summed E-state index contributed by atoms with van der Waals surface area (Å²) in [5.74, 6) is 0. The van der Waals surface area contributed by atoms with E-state index in [1.807, 2.05) is 0 Å². The maximum atomic E-state index is 12.3. The van der Waals surface area contributed by atoms with Gasteiger partial charge in [0.1, 0.15) is 0 Å². The highest BCUT2D eigenvalue weighted by Crippen LogP contribution is 2.32. The van der Waals surface area contributed by atoms with Gasteiger partial charge in [0.05, 0.1) is 15.5 Å². The van der Waals surface area contributed by atoms with Crippen molar-refractivity contribution in [2.24, 2.45) is 0 Å². The van der Waals surface area contributed by atoms with Gasteiger partial charge in [-0.1, -0.05) is 0 Å². The Labute approximate surface area is 157 Å². The topological polar surface area (TPSA) is 74.8 Å². The molecule has 0 saturated carbocycles. The van der Waals surface area contributed by atoms with Crippen molar-refractivity contribution >= 4 is 25.4 Å². The first kappa shape index (κ1) is 19.6. The van der Waals surface area contributed by atoms with Gasteiger partial charge in [0.25, 0.3) is 0 Å². The number of sulfone groups is 2. The Morgan fingerprint density at radius 1 is 0.923 bits per heavy atom. The van der Waals surface area contributed by atoms with Crippen LogP contribution >= 0.6 is 0 Å². The molecule has 3 rings (SSSR count). The molecule has 0 amide bonds. The third-order valence-corrected chi connectivity index (χ3v) is 7.87. The molecular formula is C18H28N2O4S2. The number of nitrogens with zero attached hydrogens (tertiary/aromatic N) is 2. The van der Waals surface area contributed by atoms with Crippen LogP contribution in [-0.2, 0) is 19.7 Å². The average molecular weight is 401 g/mol. The number of hydrogen-bond donors (Lipinski definition) is 0. The van der Waals surface area contributed by atoms with E-state index in [4.69, 9.17) is 0 Å². The van der Waals surface area contributed by atoms with Gasteiger partial charge in [-0.05, 0) is 57.4 Å². The maximum absolute atomic E-state index is 12.3. The van der Waals surface area contributed by atoms with Crippen LogP contribution in [0.5, 0.6) is 0 Å². The SMILES string of the molecule is CC1CCCN1C1CCN(c2ccc(S(C)(=O)=O)cc2S(C)(=O)=O)CC1. The van der Waals surface area contributed by atoms with Gasteiger partial charge in [-0.25, -0.2) is 16.8 Å². The van der Waals surface area contributed by atoms with Crippen molar-refractivity contribution in [2.45, 2.75) is 54.5 Å². The predicted octanol–water partition coefficient (Wildman–Crippen LogP) is 1.95. The molecule has 0 radical (unpaired) electrons. The highest BCUT2D eigenvalue weighted by Gasteiger charge is 2.31. The second kappa shape index (κ2) is 7.13. The fraction of sp³-hybridized carbons (Fsp3) is 0.667. The molecule has 0 aliphatic carbocycles. The Bertz CT molecular complexity index is 872. The molecule has 0 aromatic heterocycles. The highest BCUT2D eigenvalue weighted by atomic mass is 32.2. The normalized spacial score (nSPS) is 23.5. The summed E-state index contributed by atoms with van der Waals surface area (Å²) in [6.45, 7) is 5.01. The van der Waals surface area contributed by atoms with E-state index in [1.54, 1.807) is 6.07 Å². The Morgan fingerprint density at radius 3 is 2.08 bits per heavy atom. The molecule has 6 nitrogen and oxygen atoms in total. The van der Waals surface area contributed by atoms with Crippen LogP contribution in [0.3, 0.4) is 0 Å². The molecule has 2 heterocycles. The van der Waals surface area contributed by atoms with Gasteiger partial charge in [-0.15, -0.1) is 0 Å². The minimum absolute atomic E-state index is 0.0439. The molecule has 26 heavy (non-hydrogen) atoms. The Hall–Kier alpha value is -1.12. The van der Waals surface area contributed by atoms with Gasteiger partial charge in [0, 0.05) is 37.7 Å². The largest absolute Gasteiger partial charge is 0.370 e. The zero-order valence-electron chi connectivity index (χ0n) is 15.7. The van der Waals surface area contributed by atoms with E-state index in [2.05, 4.69) is 16.7 Å². The van der Waals surface area contributed by atoms with Crippen molar-refractivity contribution in [1.29, 1.82) is 0 Å². The number of rotatable bonds is 4. The molecule has 2 aliphatic rings. The quantitative estimate of drug-likeness (QED) is 0.769. The minimum atomic E-state index is -3.52. The van der Waals surface area contributed by atoms with Gasteiger partial charge >= 0.3 is 0 Å². The monoisotopic (exact) mass is 400 g/mol. The zero-order valence-corrected chi connectivity index (χ0v) is 17.3. The molecule has 2 saturated heterocycles. The first-order valence-electron chi connectivity index (χ1n) is 9.12.